The zero-order valence-electron chi connectivity index (χ0n) is 23.2. The zero-order chi connectivity index (χ0) is 34.4. The van der Waals surface area contributed by atoms with Gasteiger partial charge in [0, 0.05) is 0 Å². The van der Waals surface area contributed by atoms with E-state index in [1.807, 2.05) is 0 Å². The first kappa shape index (κ1) is 43.3. The van der Waals surface area contributed by atoms with E-state index < -0.39 is 42.4 Å². The van der Waals surface area contributed by atoms with Crippen molar-refractivity contribution in [3.8, 4) is 0 Å². The van der Waals surface area contributed by atoms with Crippen molar-refractivity contribution in [2.75, 3.05) is 26.2 Å². The Morgan fingerprint density at radius 2 is 0.548 bits per heavy atom. The van der Waals surface area contributed by atoms with Crippen LogP contribution in [-0.4, -0.2) is 66.2 Å². The standard InChI is InChI=1S/C16H36N.C6F18P/c1-5-9-13-17(14-10-6-2,15-11-7-3)16-12-8-4;7-1(8,9)4(16,17)25(22,23,24,5(18,19)2(10,11)12)6(20,21)3(13,14)15/h5-16H2,1-4H3;/q+1;-1. The van der Waals surface area contributed by atoms with Gasteiger partial charge >= 0.3 is 121 Å². The van der Waals surface area contributed by atoms with E-state index in [1.165, 1.54) is 82.0 Å². The van der Waals surface area contributed by atoms with Crippen LogP contribution in [0.25, 0.3) is 0 Å². The first-order valence-electron chi connectivity index (χ1n) is 12.9. The molecule has 0 N–H and O–H groups in total. The van der Waals surface area contributed by atoms with E-state index in [4.69, 9.17) is 0 Å². The summed E-state index contributed by atoms with van der Waals surface area (Å²) in [5, 5.41) is 0. The molecule has 0 amide bonds. The van der Waals surface area contributed by atoms with Gasteiger partial charge in [-0.05, 0) is 25.7 Å². The molecule has 0 aromatic heterocycles. The molecule has 1 nitrogen and oxygen atoms in total. The van der Waals surface area contributed by atoms with E-state index in [1.54, 1.807) is 0 Å². The average molecular weight is 687 g/mol. The number of halogens is 18. The SMILES string of the molecule is CCCC[N+](CCCC)(CCCC)CCCC.FC(F)(F)C(F)(F)[P-](F)(F)(F)(C(F)(F)C(F)(F)F)C(F)(F)C(F)(F)F. The Morgan fingerprint density at radius 1 is 0.381 bits per heavy atom. The molecule has 42 heavy (non-hydrogen) atoms. The summed E-state index contributed by atoms with van der Waals surface area (Å²) in [5.74, 6) is 0. The molecule has 20 heteroatoms. The molecule has 0 rings (SSSR count). The van der Waals surface area contributed by atoms with E-state index in [-0.39, 0.29) is 0 Å². The van der Waals surface area contributed by atoms with Crippen LogP contribution >= 0.6 is 6.88 Å². The van der Waals surface area contributed by atoms with Crippen LogP contribution in [0.4, 0.5) is 78.4 Å². The maximum atomic E-state index is 13.4. The maximum absolute atomic E-state index is 15.0. The van der Waals surface area contributed by atoms with Gasteiger partial charge in [-0.3, -0.25) is 0 Å². The molecule has 0 aliphatic heterocycles. The van der Waals surface area contributed by atoms with Gasteiger partial charge in [0.05, 0.1) is 26.2 Å². The van der Waals surface area contributed by atoms with Crippen LogP contribution in [0.2, 0.25) is 0 Å². The number of rotatable bonds is 15. The van der Waals surface area contributed by atoms with Gasteiger partial charge in [-0.25, -0.2) is 0 Å². The summed E-state index contributed by atoms with van der Waals surface area (Å²) in [7, 11) is 0. The third-order valence-electron chi connectivity index (χ3n) is 6.77. The third-order valence-corrected chi connectivity index (χ3v) is 11.1. The second kappa shape index (κ2) is 13.2. The van der Waals surface area contributed by atoms with E-state index in [9.17, 15) is 78.4 Å². The number of alkyl halides is 15. The second-order valence-corrected chi connectivity index (χ2v) is 14.3. The van der Waals surface area contributed by atoms with Gasteiger partial charge in [0.1, 0.15) is 0 Å². The first-order valence-corrected chi connectivity index (χ1v) is 15.2. The van der Waals surface area contributed by atoms with Gasteiger partial charge < -0.3 is 4.48 Å². The summed E-state index contributed by atoms with van der Waals surface area (Å²) < 4.78 is 224. The Morgan fingerprint density at radius 3 is 0.667 bits per heavy atom. The Hall–Kier alpha value is -0.870. The molecule has 0 saturated heterocycles. The fourth-order valence-electron chi connectivity index (χ4n) is 3.99. The minimum absolute atomic E-state index is 1.35. The third kappa shape index (κ3) is 6.85. The summed E-state index contributed by atoms with van der Waals surface area (Å²) in [6.07, 6.45) is -15.1. The summed E-state index contributed by atoms with van der Waals surface area (Å²) >= 11 is 0. The van der Waals surface area contributed by atoms with Crippen molar-refractivity contribution in [3.63, 3.8) is 0 Å². The molecule has 0 atom stereocenters. The van der Waals surface area contributed by atoms with E-state index in [0.29, 0.717) is 0 Å². The average Bonchev–Trinajstić information content (AvgIpc) is 2.81. The van der Waals surface area contributed by atoms with Gasteiger partial charge in [0.25, 0.3) is 0 Å². The van der Waals surface area contributed by atoms with Crippen LogP contribution in [0.1, 0.15) is 79.1 Å². The van der Waals surface area contributed by atoms with Crippen molar-refractivity contribution < 1.29 is 82.9 Å². The van der Waals surface area contributed by atoms with Gasteiger partial charge in [0.2, 0.25) is 0 Å². The van der Waals surface area contributed by atoms with Crippen molar-refractivity contribution in [1.82, 2.24) is 0 Å². The molecule has 0 aromatic carbocycles. The molecular weight excluding hydrogens is 651 g/mol. The van der Waals surface area contributed by atoms with Crippen molar-refractivity contribution in [2.24, 2.45) is 0 Å². The number of quaternary nitrogens is 1. The molecular formula is C22H36F18NP. The Balaban J connectivity index is 0. The molecule has 0 heterocycles. The van der Waals surface area contributed by atoms with Crippen molar-refractivity contribution >= 4 is 6.88 Å². The predicted molar refractivity (Wildman–Crippen MR) is 123 cm³/mol. The fourth-order valence-corrected chi connectivity index (χ4v) is 6.67. The fraction of sp³-hybridized carbons (Fsp3) is 1.00. The normalized spacial score (nSPS) is 16.4. The second-order valence-electron chi connectivity index (χ2n) is 10.1. The molecule has 0 aliphatic carbocycles. The quantitative estimate of drug-likeness (QED) is 0.0913. The molecule has 0 saturated carbocycles. The molecule has 0 unspecified atom stereocenters. The van der Waals surface area contributed by atoms with Gasteiger partial charge in [-0.1, -0.05) is 53.4 Å². The molecule has 0 spiro atoms. The summed E-state index contributed by atoms with van der Waals surface area (Å²) in [6, 6.07) is 0. The van der Waals surface area contributed by atoms with Crippen LogP contribution in [0.5, 0.6) is 0 Å². The van der Waals surface area contributed by atoms with Crippen molar-refractivity contribution in [3.05, 3.63) is 0 Å². The molecule has 0 bridgehead atoms. The van der Waals surface area contributed by atoms with Crippen molar-refractivity contribution in [1.29, 1.82) is 0 Å². The minimum atomic E-state index is -15.0. The topological polar surface area (TPSA) is 0 Å². The number of unbranched alkanes of at least 4 members (excludes halogenated alkanes) is 4. The molecule has 260 valence electrons. The van der Waals surface area contributed by atoms with Crippen LogP contribution in [0, 0.1) is 0 Å². The number of hydrogen-bond acceptors (Lipinski definition) is 0. The Kier molecular flexibility index (Phi) is 13.6. The van der Waals surface area contributed by atoms with Gasteiger partial charge in [-0.2, -0.15) is 0 Å². The zero-order valence-corrected chi connectivity index (χ0v) is 24.1. The van der Waals surface area contributed by atoms with Gasteiger partial charge in [0.15, 0.2) is 0 Å². The number of nitrogens with zero attached hydrogens (tertiary/aromatic N) is 1. The molecule has 0 radical (unpaired) electrons. The Bertz CT molecular complexity index is 721. The Labute approximate surface area is 231 Å². The number of hydrogen-bond donors (Lipinski definition) is 0. The summed E-state index contributed by atoms with van der Waals surface area (Å²) in [6.45, 7) is 0.0126. The van der Waals surface area contributed by atoms with Crippen LogP contribution in [-0.2, 0) is 0 Å². The van der Waals surface area contributed by atoms with Crippen LogP contribution in [0.3, 0.4) is 0 Å². The van der Waals surface area contributed by atoms with E-state index >= 15 is 0 Å². The summed E-state index contributed by atoms with van der Waals surface area (Å²) in [4.78, 5) is 0. The van der Waals surface area contributed by atoms with E-state index in [2.05, 4.69) is 27.7 Å². The van der Waals surface area contributed by atoms with Crippen molar-refractivity contribution in [2.45, 2.75) is 115 Å². The van der Waals surface area contributed by atoms with E-state index in [0.717, 1.165) is 0 Å². The molecule has 0 aromatic rings. The first-order chi connectivity index (χ1) is 18.3. The van der Waals surface area contributed by atoms with Gasteiger partial charge in [-0.15, -0.1) is 0 Å². The van der Waals surface area contributed by atoms with Crippen LogP contribution in [0.15, 0.2) is 0 Å². The molecule has 0 aliphatic rings. The summed E-state index contributed by atoms with van der Waals surface area (Å²) in [5.41, 5.74) is -29.3. The molecule has 0 fully saturated rings. The predicted octanol–water partition coefficient (Wildman–Crippen LogP) is 12.2. The monoisotopic (exact) mass is 687 g/mol. The van der Waals surface area contributed by atoms with Crippen LogP contribution < -0.4 is 0 Å².